The molecule has 1 unspecified atom stereocenters. The maximum Gasteiger partial charge on any atom is 0.321 e. The van der Waals surface area contributed by atoms with E-state index in [1.807, 2.05) is 17.8 Å². The van der Waals surface area contributed by atoms with Crippen LogP contribution in [0, 0.1) is 5.41 Å². The molecule has 0 bridgehead atoms. The van der Waals surface area contributed by atoms with Crippen molar-refractivity contribution in [1.29, 1.82) is 5.41 Å². The Bertz CT molecular complexity index is 1540. The Labute approximate surface area is 272 Å². The SMILES string of the molecule is C[C@H](NC(=O)C(C)(F)F)[C@H](Oc1ccc(Nc2cccc(C(=O)NC3CCSC3)c2)c(C=N)c1)c1ccc2c(c1)OCOC2.O.O.[HH].[HH]. The van der Waals surface area contributed by atoms with E-state index in [2.05, 4.69) is 16.0 Å². The monoisotopic (exact) mass is 664 g/mol. The molecule has 0 radical (unpaired) electrons. The van der Waals surface area contributed by atoms with Gasteiger partial charge in [-0.1, -0.05) is 18.2 Å². The van der Waals surface area contributed by atoms with E-state index in [4.69, 9.17) is 19.6 Å². The van der Waals surface area contributed by atoms with Crippen molar-refractivity contribution in [3.63, 3.8) is 0 Å². The molecule has 0 aromatic heterocycles. The Morgan fingerprint density at radius 3 is 2.67 bits per heavy atom. The van der Waals surface area contributed by atoms with Gasteiger partial charge >= 0.3 is 5.92 Å². The molecule has 2 heterocycles. The van der Waals surface area contributed by atoms with E-state index in [0.29, 0.717) is 53.1 Å². The standard InChI is InChI=1S/C32H34F2N4O5S.2H2O.2H2/c1-19(36-31(40)32(2,33)34)29(20-6-7-22-16-41-18-42-28(22)14-20)43-26-8-9-27(23(13-26)15-35)37-24-5-3-4-21(12-24)30(39)38-25-10-11-44-17-25;;;;/h3-9,12-15,19,25,29,35,37H,10-11,16-18H2,1-2H3,(H,36,40)(H,38,39);2*1H2;2*1H/t19-,25?,29-;;;;/m0..../s1. The summed E-state index contributed by atoms with van der Waals surface area (Å²) in [4.78, 5) is 24.9. The van der Waals surface area contributed by atoms with Gasteiger partial charge in [0.15, 0.2) is 6.79 Å². The van der Waals surface area contributed by atoms with Gasteiger partial charge in [0, 0.05) is 55.9 Å². The molecular weight excluding hydrogens is 622 g/mol. The van der Waals surface area contributed by atoms with Crippen molar-refractivity contribution >= 4 is 41.2 Å². The quantitative estimate of drug-likeness (QED) is 0.215. The van der Waals surface area contributed by atoms with Crippen molar-refractivity contribution in [2.24, 2.45) is 0 Å². The van der Waals surface area contributed by atoms with Crippen molar-refractivity contribution in [3.05, 3.63) is 82.9 Å². The summed E-state index contributed by atoms with van der Waals surface area (Å²) >= 11 is 1.82. The molecule has 2 aliphatic rings. The first-order valence-corrected chi connectivity index (χ1v) is 15.3. The normalized spacial score (nSPS) is 16.7. The van der Waals surface area contributed by atoms with Crippen LogP contribution in [0.25, 0.3) is 0 Å². The topological polar surface area (TPSA) is 185 Å². The van der Waals surface area contributed by atoms with Gasteiger partial charge in [0.1, 0.15) is 17.6 Å². The van der Waals surface area contributed by atoms with Gasteiger partial charge in [-0.3, -0.25) is 9.59 Å². The van der Waals surface area contributed by atoms with Crippen molar-refractivity contribution < 1.29 is 46.4 Å². The predicted molar refractivity (Wildman–Crippen MR) is 177 cm³/mol. The largest absolute Gasteiger partial charge is 0.484 e. The summed E-state index contributed by atoms with van der Waals surface area (Å²) in [7, 11) is 0. The van der Waals surface area contributed by atoms with Gasteiger partial charge in [-0.25, -0.2) is 0 Å². The van der Waals surface area contributed by atoms with Gasteiger partial charge in [0.05, 0.1) is 12.6 Å². The minimum absolute atomic E-state index is 0. The van der Waals surface area contributed by atoms with Crippen LogP contribution in [0.15, 0.2) is 60.7 Å². The Balaban J connectivity index is 0.00000288. The molecular formula is C32H42F2N4O7S. The number of thioether (sulfide) groups is 1. The Hall–Kier alpha value is -4.24. The van der Waals surface area contributed by atoms with Crippen LogP contribution < -0.4 is 25.4 Å². The van der Waals surface area contributed by atoms with Gasteiger partial charge in [0.25, 0.3) is 11.8 Å². The van der Waals surface area contributed by atoms with Crippen LogP contribution >= 0.6 is 11.8 Å². The van der Waals surface area contributed by atoms with E-state index in [-0.39, 0.29) is 32.5 Å². The highest BCUT2D eigenvalue weighted by Gasteiger charge is 2.35. The summed E-state index contributed by atoms with van der Waals surface area (Å²) in [6.45, 7) is 2.58. The van der Waals surface area contributed by atoms with E-state index in [1.54, 1.807) is 61.5 Å². The summed E-state index contributed by atoms with van der Waals surface area (Å²) in [6, 6.07) is 16.8. The minimum Gasteiger partial charge on any atom is -0.484 e. The number of carbonyl (C=O) groups excluding carboxylic acids is 2. The fraction of sp³-hybridized carbons (Fsp3) is 0.344. The number of anilines is 2. The van der Waals surface area contributed by atoms with Crippen LogP contribution in [0.3, 0.4) is 0 Å². The van der Waals surface area contributed by atoms with Crippen LogP contribution in [0.2, 0.25) is 0 Å². The zero-order valence-electron chi connectivity index (χ0n) is 25.3. The van der Waals surface area contributed by atoms with Gasteiger partial charge in [-0.15, -0.1) is 0 Å². The molecule has 14 heteroatoms. The molecule has 8 N–H and O–H groups in total. The summed E-state index contributed by atoms with van der Waals surface area (Å²) < 4.78 is 44.7. The lowest BCUT2D eigenvalue weighted by atomic mass is 10.00. The molecule has 0 saturated carbocycles. The third-order valence-corrected chi connectivity index (χ3v) is 8.46. The van der Waals surface area contributed by atoms with Crippen molar-refractivity contribution in [2.75, 3.05) is 23.6 Å². The molecule has 252 valence electrons. The average Bonchev–Trinajstić information content (AvgIpc) is 3.53. The summed E-state index contributed by atoms with van der Waals surface area (Å²) in [5.74, 6) is -2.23. The lowest BCUT2D eigenvalue weighted by molar-refractivity contribution is -0.144. The van der Waals surface area contributed by atoms with Crippen LogP contribution in [0.4, 0.5) is 20.2 Å². The number of carbonyl (C=O) groups is 2. The average molecular weight is 665 g/mol. The third-order valence-electron chi connectivity index (χ3n) is 7.30. The molecule has 11 nitrogen and oxygen atoms in total. The van der Waals surface area contributed by atoms with Crippen LogP contribution in [0.5, 0.6) is 11.5 Å². The molecule has 0 spiro atoms. The van der Waals surface area contributed by atoms with E-state index < -0.39 is 24.0 Å². The van der Waals surface area contributed by atoms with Gasteiger partial charge in [0.2, 0.25) is 0 Å². The van der Waals surface area contributed by atoms with Crippen LogP contribution in [-0.2, 0) is 16.1 Å². The zero-order valence-corrected chi connectivity index (χ0v) is 26.1. The molecule has 1 saturated heterocycles. The highest BCUT2D eigenvalue weighted by molar-refractivity contribution is 7.99. The molecule has 1 fully saturated rings. The number of benzene rings is 3. The summed E-state index contributed by atoms with van der Waals surface area (Å²) in [5.41, 5.74) is 3.71. The summed E-state index contributed by atoms with van der Waals surface area (Å²) in [5, 5.41) is 16.7. The number of nitrogens with one attached hydrogen (secondary N) is 4. The minimum atomic E-state index is -3.57. The second-order valence-corrected chi connectivity index (χ2v) is 11.9. The summed E-state index contributed by atoms with van der Waals surface area (Å²) in [6.07, 6.45) is 1.25. The number of alkyl halides is 2. The van der Waals surface area contributed by atoms with Gasteiger partial charge < -0.3 is 46.5 Å². The first kappa shape index (κ1) is 36.2. The number of hydrogen-bond donors (Lipinski definition) is 4. The second-order valence-electron chi connectivity index (χ2n) is 10.8. The molecule has 2 amide bonds. The second kappa shape index (κ2) is 15.9. The molecule has 3 aromatic carbocycles. The van der Waals surface area contributed by atoms with Crippen molar-refractivity contribution in [1.82, 2.24) is 10.6 Å². The fourth-order valence-electron chi connectivity index (χ4n) is 4.93. The highest BCUT2D eigenvalue weighted by Crippen LogP contribution is 2.33. The van der Waals surface area contributed by atoms with E-state index in [1.165, 1.54) is 0 Å². The third kappa shape index (κ3) is 8.94. The molecule has 3 aromatic rings. The number of fused-ring (bicyclic) bond motifs is 1. The highest BCUT2D eigenvalue weighted by atomic mass is 32.2. The number of amides is 2. The molecule has 2 aliphatic heterocycles. The Morgan fingerprint density at radius 1 is 1.15 bits per heavy atom. The maximum atomic E-state index is 13.7. The maximum absolute atomic E-state index is 13.7. The lowest BCUT2D eigenvalue weighted by Gasteiger charge is -2.29. The smallest absolute Gasteiger partial charge is 0.321 e. The first-order chi connectivity index (χ1) is 21.1. The fourth-order valence-corrected chi connectivity index (χ4v) is 6.08. The first-order valence-electron chi connectivity index (χ1n) is 14.2. The molecule has 0 aliphatic carbocycles. The van der Waals surface area contributed by atoms with E-state index in [9.17, 15) is 18.4 Å². The van der Waals surface area contributed by atoms with Gasteiger partial charge in [-0.05, 0) is 67.1 Å². The molecule has 46 heavy (non-hydrogen) atoms. The van der Waals surface area contributed by atoms with Crippen molar-refractivity contribution in [2.45, 2.75) is 51.0 Å². The van der Waals surface area contributed by atoms with Crippen LogP contribution in [0.1, 0.15) is 56.3 Å². The number of hydrogen-bond acceptors (Lipinski definition) is 8. The Morgan fingerprint density at radius 2 is 1.96 bits per heavy atom. The number of ether oxygens (including phenoxy) is 3. The van der Waals surface area contributed by atoms with E-state index in [0.717, 1.165) is 29.7 Å². The van der Waals surface area contributed by atoms with Crippen LogP contribution in [-0.4, -0.2) is 65.3 Å². The molecule has 5 rings (SSSR count). The number of rotatable bonds is 11. The van der Waals surface area contributed by atoms with Gasteiger partial charge in [-0.2, -0.15) is 20.5 Å². The van der Waals surface area contributed by atoms with Crippen molar-refractivity contribution in [3.8, 4) is 11.5 Å². The number of halogens is 2. The lowest BCUT2D eigenvalue weighted by Crippen LogP contribution is -2.46. The molecule has 3 atom stereocenters. The Kier molecular flexibility index (Phi) is 12.5. The predicted octanol–water partition coefficient (Wildman–Crippen LogP) is 4.65. The van der Waals surface area contributed by atoms with E-state index >= 15 is 0 Å². The zero-order chi connectivity index (χ0) is 31.3.